The summed E-state index contributed by atoms with van der Waals surface area (Å²) in [4.78, 5) is 32.9. The number of aliphatic hydroxyl groups excluding tert-OH is 1. The SMILES string of the molecule is N[C@@H](CCC(=O)[N+](=O)[O-])C(=O)N1CC[C@@H](O)C1. The van der Waals surface area contributed by atoms with E-state index in [-0.39, 0.29) is 25.3 Å². The van der Waals surface area contributed by atoms with Crippen molar-refractivity contribution in [3.8, 4) is 0 Å². The van der Waals surface area contributed by atoms with Crippen LogP contribution in [0.15, 0.2) is 0 Å². The van der Waals surface area contributed by atoms with E-state index in [0.29, 0.717) is 13.0 Å². The van der Waals surface area contributed by atoms with Crippen molar-refractivity contribution in [2.24, 2.45) is 5.73 Å². The first kappa shape index (κ1) is 13.5. The van der Waals surface area contributed by atoms with Crippen LogP contribution in [0.4, 0.5) is 0 Å². The first-order chi connectivity index (χ1) is 7.91. The Kier molecular flexibility index (Phi) is 4.53. The van der Waals surface area contributed by atoms with Gasteiger partial charge in [0.15, 0.2) is 0 Å². The molecule has 2 amide bonds. The summed E-state index contributed by atoms with van der Waals surface area (Å²) in [5, 5.41) is 19.3. The molecule has 1 fully saturated rings. The molecule has 96 valence electrons. The molecule has 0 aromatic carbocycles. The van der Waals surface area contributed by atoms with E-state index in [2.05, 4.69) is 0 Å². The van der Waals surface area contributed by atoms with Crippen LogP contribution in [0, 0.1) is 10.1 Å². The van der Waals surface area contributed by atoms with Gasteiger partial charge >= 0.3 is 5.91 Å². The number of likely N-dealkylation sites (tertiary alicyclic amines) is 1. The number of nitrogens with two attached hydrogens (primary N) is 1. The third kappa shape index (κ3) is 3.75. The molecule has 2 atom stereocenters. The van der Waals surface area contributed by atoms with Gasteiger partial charge in [-0.25, -0.2) is 4.79 Å². The predicted octanol–water partition coefficient (Wildman–Crippen LogP) is -1.51. The second-order valence-corrected chi connectivity index (χ2v) is 4.02. The minimum atomic E-state index is -1.14. The molecule has 1 rings (SSSR count). The zero-order valence-electron chi connectivity index (χ0n) is 9.24. The molecule has 0 saturated carbocycles. The Balaban J connectivity index is 2.37. The molecular formula is C9H15N3O5. The second-order valence-electron chi connectivity index (χ2n) is 4.02. The Hall–Kier alpha value is -1.54. The van der Waals surface area contributed by atoms with Crippen molar-refractivity contribution >= 4 is 11.8 Å². The van der Waals surface area contributed by atoms with Crippen molar-refractivity contribution in [3.63, 3.8) is 0 Å². The first-order valence-electron chi connectivity index (χ1n) is 5.31. The summed E-state index contributed by atoms with van der Waals surface area (Å²) < 4.78 is 0. The molecule has 8 nitrogen and oxygen atoms in total. The molecule has 1 saturated heterocycles. The standard InChI is InChI=1S/C9H15N3O5/c10-7(1-2-8(14)12(16)17)9(15)11-4-3-6(13)5-11/h6-7,13H,1-5,10H2/t6-,7+/m1/s1. The lowest BCUT2D eigenvalue weighted by Crippen LogP contribution is -2.43. The number of rotatable bonds is 4. The molecule has 8 heteroatoms. The molecule has 0 aliphatic carbocycles. The van der Waals surface area contributed by atoms with Gasteiger partial charge in [-0.3, -0.25) is 14.9 Å². The van der Waals surface area contributed by atoms with E-state index in [1.165, 1.54) is 4.90 Å². The lowest BCUT2D eigenvalue weighted by Gasteiger charge is -2.19. The van der Waals surface area contributed by atoms with Gasteiger partial charge < -0.3 is 15.7 Å². The highest BCUT2D eigenvalue weighted by Gasteiger charge is 2.29. The Morgan fingerprint density at radius 3 is 2.71 bits per heavy atom. The molecule has 0 spiro atoms. The van der Waals surface area contributed by atoms with Crippen LogP contribution in [-0.4, -0.2) is 52.0 Å². The Labute approximate surface area is 97.5 Å². The minimum absolute atomic E-state index is 0.0504. The maximum atomic E-state index is 11.7. The normalized spacial score (nSPS) is 21.3. The summed E-state index contributed by atoms with van der Waals surface area (Å²) in [6, 6.07) is -0.927. The zero-order chi connectivity index (χ0) is 13.0. The molecule has 3 N–H and O–H groups in total. The van der Waals surface area contributed by atoms with E-state index in [1.807, 2.05) is 0 Å². The summed E-state index contributed by atoms with van der Waals surface area (Å²) in [6.07, 6.45) is -0.431. The maximum Gasteiger partial charge on any atom is 0.444 e. The Morgan fingerprint density at radius 2 is 2.24 bits per heavy atom. The third-order valence-electron chi connectivity index (χ3n) is 2.67. The number of hydrogen-bond acceptors (Lipinski definition) is 6. The second kappa shape index (κ2) is 5.69. The van der Waals surface area contributed by atoms with Gasteiger partial charge in [-0.15, -0.1) is 0 Å². The number of nitro groups is 1. The quantitative estimate of drug-likeness (QED) is 0.458. The lowest BCUT2D eigenvalue weighted by molar-refractivity contribution is -0.402. The van der Waals surface area contributed by atoms with Gasteiger partial charge in [-0.05, 0) is 12.8 Å². The van der Waals surface area contributed by atoms with E-state index in [9.17, 15) is 24.8 Å². The number of nitrogens with zero attached hydrogens (tertiary/aromatic N) is 2. The van der Waals surface area contributed by atoms with Crippen LogP contribution in [0.1, 0.15) is 19.3 Å². The summed E-state index contributed by atoms with van der Waals surface area (Å²) >= 11 is 0. The van der Waals surface area contributed by atoms with Crippen LogP contribution in [-0.2, 0) is 9.59 Å². The molecule has 1 heterocycles. The van der Waals surface area contributed by atoms with Crippen LogP contribution in [0.3, 0.4) is 0 Å². The van der Waals surface area contributed by atoms with Gasteiger partial charge in [0, 0.05) is 13.1 Å². The van der Waals surface area contributed by atoms with Gasteiger partial charge in [-0.1, -0.05) is 0 Å². The molecule has 0 aromatic rings. The fraction of sp³-hybridized carbons (Fsp3) is 0.778. The first-order valence-corrected chi connectivity index (χ1v) is 5.31. The molecule has 0 unspecified atom stereocenters. The van der Waals surface area contributed by atoms with Crippen molar-refractivity contribution in [2.45, 2.75) is 31.4 Å². The smallest absolute Gasteiger partial charge is 0.391 e. The van der Waals surface area contributed by atoms with Crippen LogP contribution in [0.25, 0.3) is 0 Å². The van der Waals surface area contributed by atoms with E-state index in [4.69, 9.17) is 5.73 Å². The average Bonchev–Trinajstić information content (AvgIpc) is 2.70. The van der Waals surface area contributed by atoms with Gasteiger partial charge in [0.1, 0.15) is 4.92 Å². The Morgan fingerprint density at radius 1 is 1.59 bits per heavy atom. The van der Waals surface area contributed by atoms with Gasteiger partial charge in [-0.2, -0.15) is 0 Å². The van der Waals surface area contributed by atoms with Crippen LogP contribution in [0.5, 0.6) is 0 Å². The van der Waals surface area contributed by atoms with Crippen LogP contribution >= 0.6 is 0 Å². The zero-order valence-corrected chi connectivity index (χ0v) is 9.24. The monoisotopic (exact) mass is 245 g/mol. The fourth-order valence-corrected chi connectivity index (χ4v) is 1.67. The summed E-state index contributed by atoms with van der Waals surface area (Å²) in [6.45, 7) is 0.659. The highest BCUT2D eigenvalue weighted by molar-refractivity contribution is 5.82. The van der Waals surface area contributed by atoms with Crippen LogP contribution < -0.4 is 5.73 Å². The van der Waals surface area contributed by atoms with Crippen LogP contribution in [0.2, 0.25) is 0 Å². The molecule has 0 aromatic heterocycles. The van der Waals surface area contributed by atoms with Crippen molar-refractivity contribution in [1.29, 1.82) is 0 Å². The maximum absolute atomic E-state index is 11.7. The van der Waals surface area contributed by atoms with Gasteiger partial charge in [0.25, 0.3) is 0 Å². The number of hydrogen-bond donors (Lipinski definition) is 2. The Bertz CT molecular complexity index is 333. The molecular weight excluding hydrogens is 230 g/mol. The van der Waals surface area contributed by atoms with E-state index >= 15 is 0 Å². The fourth-order valence-electron chi connectivity index (χ4n) is 1.67. The number of amides is 2. The topological polar surface area (TPSA) is 127 Å². The number of carbonyl (C=O) groups excluding carboxylic acids is 2. The number of carbonyl (C=O) groups is 2. The highest BCUT2D eigenvalue weighted by Crippen LogP contribution is 2.11. The molecule has 1 aliphatic heterocycles. The van der Waals surface area contributed by atoms with Crippen molar-refractivity contribution in [3.05, 3.63) is 10.1 Å². The summed E-state index contributed by atoms with van der Waals surface area (Å²) in [5.41, 5.74) is 5.54. The number of β-amino-alcohol motifs (C(OH)–C–C–N with tert-alkyl or cyclic N) is 1. The predicted molar refractivity (Wildman–Crippen MR) is 56.4 cm³/mol. The van der Waals surface area contributed by atoms with E-state index < -0.39 is 23.0 Å². The van der Waals surface area contributed by atoms with Crippen molar-refractivity contribution in [1.82, 2.24) is 4.90 Å². The van der Waals surface area contributed by atoms with E-state index in [1.54, 1.807) is 0 Å². The summed E-state index contributed by atoms with van der Waals surface area (Å²) in [5.74, 6) is -1.52. The van der Waals surface area contributed by atoms with Crippen molar-refractivity contribution in [2.75, 3.05) is 13.1 Å². The van der Waals surface area contributed by atoms with E-state index in [0.717, 1.165) is 0 Å². The molecule has 17 heavy (non-hydrogen) atoms. The molecule has 0 radical (unpaired) electrons. The lowest BCUT2D eigenvalue weighted by atomic mass is 10.1. The highest BCUT2D eigenvalue weighted by atomic mass is 16.6. The minimum Gasteiger partial charge on any atom is -0.391 e. The molecule has 0 bridgehead atoms. The average molecular weight is 245 g/mol. The third-order valence-corrected chi connectivity index (χ3v) is 2.67. The summed E-state index contributed by atoms with van der Waals surface area (Å²) in [7, 11) is 0. The number of aliphatic hydroxyl groups is 1. The van der Waals surface area contributed by atoms with Gasteiger partial charge in [0.2, 0.25) is 5.91 Å². The molecule has 1 aliphatic rings. The largest absolute Gasteiger partial charge is 0.444 e. The van der Waals surface area contributed by atoms with Crippen molar-refractivity contribution < 1.29 is 19.6 Å². The van der Waals surface area contributed by atoms with Gasteiger partial charge in [0.05, 0.1) is 18.6 Å².